The minimum atomic E-state index is -0.202. The Balaban J connectivity index is 2.03. The van der Waals surface area contributed by atoms with E-state index in [-0.39, 0.29) is 5.56 Å². The molecule has 2 N–H and O–H groups in total. The number of hydrogen-bond donors (Lipinski definition) is 2. The number of aromatic nitrogens is 2. The van der Waals surface area contributed by atoms with Gasteiger partial charge in [-0.1, -0.05) is 36.4 Å². The molecule has 0 aliphatic rings. The smallest absolute Gasteiger partial charge is 0.252 e. The number of hydrazone groups is 1. The predicted molar refractivity (Wildman–Crippen MR) is 81.8 cm³/mol. The third-order valence-electron chi connectivity index (χ3n) is 2.50. The standard InChI is InChI=1S/C15H16N4O/c1-11(8-13-6-4-3-5-7-13)10-16-19-15-17-12(2)9-14(20)18-15/h3-10H,1-2H3,(H2,17,18,19,20)/b11-8+,16-10?. The van der Waals surface area contributed by atoms with Crippen molar-refractivity contribution in [2.75, 3.05) is 5.43 Å². The first-order chi connectivity index (χ1) is 9.63. The number of nitrogens with one attached hydrogen (secondary N) is 2. The van der Waals surface area contributed by atoms with Gasteiger partial charge < -0.3 is 0 Å². The van der Waals surface area contributed by atoms with E-state index in [4.69, 9.17) is 0 Å². The Morgan fingerprint density at radius 3 is 2.80 bits per heavy atom. The summed E-state index contributed by atoms with van der Waals surface area (Å²) >= 11 is 0. The average Bonchev–Trinajstić information content (AvgIpc) is 2.38. The molecule has 0 bridgehead atoms. The lowest BCUT2D eigenvalue weighted by atomic mass is 10.1. The van der Waals surface area contributed by atoms with E-state index >= 15 is 0 Å². The maximum Gasteiger partial charge on any atom is 0.252 e. The van der Waals surface area contributed by atoms with Crippen molar-refractivity contribution >= 4 is 18.2 Å². The van der Waals surface area contributed by atoms with E-state index < -0.39 is 0 Å². The fraction of sp³-hybridized carbons (Fsp3) is 0.133. The Hall–Kier alpha value is -2.69. The van der Waals surface area contributed by atoms with Crippen LogP contribution in [0.25, 0.3) is 6.08 Å². The summed E-state index contributed by atoms with van der Waals surface area (Å²) in [7, 11) is 0. The van der Waals surface area contributed by atoms with Gasteiger partial charge in [-0.2, -0.15) is 5.10 Å². The van der Waals surface area contributed by atoms with Crippen molar-refractivity contribution in [3.8, 4) is 0 Å². The Bertz CT molecular complexity index is 687. The molecule has 20 heavy (non-hydrogen) atoms. The third kappa shape index (κ3) is 4.20. The summed E-state index contributed by atoms with van der Waals surface area (Å²) in [5.41, 5.74) is 5.24. The molecule has 0 radical (unpaired) electrons. The normalized spacial score (nSPS) is 11.8. The summed E-state index contributed by atoms with van der Waals surface area (Å²) in [6, 6.07) is 11.4. The number of aryl methyl sites for hydroxylation is 1. The molecule has 0 spiro atoms. The molecule has 0 unspecified atom stereocenters. The quantitative estimate of drug-likeness (QED) is 0.661. The van der Waals surface area contributed by atoms with Crippen LogP contribution in [0.15, 0.2) is 51.9 Å². The first kappa shape index (κ1) is 13.7. The van der Waals surface area contributed by atoms with Crippen molar-refractivity contribution in [1.29, 1.82) is 0 Å². The Kier molecular flexibility index (Phi) is 4.44. The van der Waals surface area contributed by atoms with Crippen LogP contribution in [0.4, 0.5) is 5.95 Å². The van der Waals surface area contributed by atoms with Crippen LogP contribution in [0.3, 0.4) is 0 Å². The minimum absolute atomic E-state index is 0.202. The van der Waals surface area contributed by atoms with Gasteiger partial charge in [-0.3, -0.25) is 9.78 Å². The van der Waals surface area contributed by atoms with Crippen LogP contribution in [0.1, 0.15) is 18.2 Å². The molecule has 0 fully saturated rings. The van der Waals surface area contributed by atoms with Crippen molar-refractivity contribution in [2.45, 2.75) is 13.8 Å². The van der Waals surface area contributed by atoms with Gasteiger partial charge in [0.2, 0.25) is 5.95 Å². The molecule has 0 aliphatic heterocycles. The average molecular weight is 268 g/mol. The highest BCUT2D eigenvalue weighted by Crippen LogP contribution is 2.04. The molecule has 0 saturated heterocycles. The molecule has 1 aromatic heterocycles. The first-order valence-electron chi connectivity index (χ1n) is 6.24. The van der Waals surface area contributed by atoms with Gasteiger partial charge >= 0.3 is 0 Å². The molecule has 0 amide bonds. The van der Waals surface area contributed by atoms with E-state index in [2.05, 4.69) is 20.5 Å². The fourth-order valence-corrected chi connectivity index (χ4v) is 1.68. The monoisotopic (exact) mass is 268 g/mol. The Morgan fingerprint density at radius 2 is 2.10 bits per heavy atom. The number of H-pyrrole nitrogens is 1. The highest BCUT2D eigenvalue weighted by atomic mass is 16.1. The second-order valence-electron chi connectivity index (χ2n) is 4.40. The zero-order valence-electron chi connectivity index (χ0n) is 11.4. The van der Waals surface area contributed by atoms with Crippen LogP contribution in [0, 0.1) is 6.92 Å². The number of aromatic amines is 1. The largest absolute Gasteiger partial charge is 0.291 e. The maximum atomic E-state index is 11.3. The fourth-order valence-electron chi connectivity index (χ4n) is 1.68. The molecule has 1 aromatic carbocycles. The molecule has 0 aliphatic carbocycles. The van der Waals surface area contributed by atoms with Crippen molar-refractivity contribution in [1.82, 2.24) is 9.97 Å². The topological polar surface area (TPSA) is 70.1 Å². The molecule has 0 atom stereocenters. The van der Waals surface area contributed by atoms with Crippen molar-refractivity contribution in [3.63, 3.8) is 0 Å². The molecule has 102 valence electrons. The molecule has 5 nitrogen and oxygen atoms in total. The van der Waals surface area contributed by atoms with Crippen LogP contribution in [-0.4, -0.2) is 16.2 Å². The molecular weight excluding hydrogens is 252 g/mol. The van der Waals surface area contributed by atoms with E-state index in [1.54, 1.807) is 13.1 Å². The second kappa shape index (κ2) is 6.47. The van der Waals surface area contributed by atoms with Crippen LogP contribution in [-0.2, 0) is 0 Å². The van der Waals surface area contributed by atoms with E-state index in [1.165, 1.54) is 6.07 Å². The van der Waals surface area contributed by atoms with E-state index in [0.717, 1.165) is 11.1 Å². The molecule has 2 aromatic rings. The number of anilines is 1. The van der Waals surface area contributed by atoms with Crippen LogP contribution in [0.5, 0.6) is 0 Å². The Labute approximate surface area is 117 Å². The summed E-state index contributed by atoms with van der Waals surface area (Å²) in [5, 5.41) is 4.04. The molecule has 1 heterocycles. The van der Waals surface area contributed by atoms with Crippen LogP contribution < -0.4 is 11.0 Å². The zero-order valence-corrected chi connectivity index (χ0v) is 11.4. The van der Waals surface area contributed by atoms with Gasteiger partial charge in [0.05, 0.1) is 6.21 Å². The predicted octanol–water partition coefficient (Wildman–Crippen LogP) is 2.58. The first-order valence-corrected chi connectivity index (χ1v) is 6.24. The third-order valence-corrected chi connectivity index (χ3v) is 2.50. The number of allylic oxidation sites excluding steroid dienone is 1. The lowest BCUT2D eigenvalue weighted by Crippen LogP contribution is -2.10. The lowest BCUT2D eigenvalue weighted by Gasteiger charge is -1.99. The van der Waals surface area contributed by atoms with E-state index in [0.29, 0.717) is 11.6 Å². The summed E-state index contributed by atoms with van der Waals surface area (Å²) in [4.78, 5) is 17.9. The highest BCUT2D eigenvalue weighted by Gasteiger charge is 1.95. The Morgan fingerprint density at radius 1 is 1.35 bits per heavy atom. The zero-order chi connectivity index (χ0) is 14.4. The molecule has 0 saturated carbocycles. The number of hydrogen-bond acceptors (Lipinski definition) is 4. The second-order valence-corrected chi connectivity index (χ2v) is 4.40. The van der Waals surface area contributed by atoms with Gasteiger partial charge in [-0.25, -0.2) is 10.4 Å². The summed E-state index contributed by atoms with van der Waals surface area (Å²) in [6.45, 7) is 3.70. The van der Waals surface area contributed by atoms with Gasteiger partial charge in [0, 0.05) is 11.8 Å². The minimum Gasteiger partial charge on any atom is -0.291 e. The van der Waals surface area contributed by atoms with Crippen LogP contribution >= 0.6 is 0 Å². The van der Waals surface area contributed by atoms with Gasteiger partial charge in [0.15, 0.2) is 0 Å². The number of benzene rings is 1. The maximum absolute atomic E-state index is 11.3. The van der Waals surface area contributed by atoms with Crippen molar-refractivity contribution < 1.29 is 0 Å². The summed E-state index contributed by atoms with van der Waals surface area (Å²) in [6.07, 6.45) is 3.69. The summed E-state index contributed by atoms with van der Waals surface area (Å²) in [5.74, 6) is 0.332. The van der Waals surface area contributed by atoms with Gasteiger partial charge in [-0.05, 0) is 25.0 Å². The number of rotatable bonds is 4. The SMILES string of the molecule is C/C(C=NNc1nc(C)cc(=O)[nH]1)=C\c1ccccc1. The molecule has 2 rings (SSSR count). The molecular formula is C15H16N4O. The molecule has 5 heteroatoms. The van der Waals surface area contributed by atoms with Crippen LogP contribution in [0.2, 0.25) is 0 Å². The van der Waals surface area contributed by atoms with E-state index in [9.17, 15) is 4.79 Å². The van der Waals surface area contributed by atoms with Gasteiger partial charge in [-0.15, -0.1) is 0 Å². The lowest BCUT2D eigenvalue weighted by molar-refractivity contribution is 1.04. The number of nitrogens with zero attached hydrogens (tertiary/aromatic N) is 2. The van der Waals surface area contributed by atoms with Crippen molar-refractivity contribution in [3.05, 3.63) is 63.6 Å². The van der Waals surface area contributed by atoms with Gasteiger partial charge in [0.1, 0.15) is 0 Å². The highest BCUT2D eigenvalue weighted by molar-refractivity contribution is 5.85. The van der Waals surface area contributed by atoms with Gasteiger partial charge in [0.25, 0.3) is 5.56 Å². The summed E-state index contributed by atoms with van der Waals surface area (Å²) < 4.78 is 0. The van der Waals surface area contributed by atoms with Crippen molar-refractivity contribution in [2.24, 2.45) is 5.10 Å². The van der Waals surface area contributed by atoms with E-state index in [1.807, 2.05) is 43.3 Å².